The number of aldehydes is 1. The molecule has 0 N–H and O–H groups in total. The Kier molecular flexibility index (Phi) is 11.2. The summed E-state index contributed by atoms with van der Waals surface area (Å²) in [5.41, 5.74) is 9.34. The number of ketones is 1. The fourth-order valence-electron chi connectivity index (χ4n) is 7.47. The van der Waals surface area contributed by atoms with E-state index in [0.29, 0.717) is 68.6 Å². The Balaban J connectivity index is 0.00000504. The first-order valence-corrected chi connectivity index (χ1v) is 17.2. The second-order valence-corrected chi connectivity index (χ2v) is 13.4. The van der Waals surface area contributed by atoms with Crippen LogP contribution in [0.1, 0.15) is 113 Å². The standard InChI is InChI=1S/C40H43N4O6.Mg/c1-9-23-20(5)27-15-28-21(6)25(11-12-33(46)50-14-13-19(3)4)37(43-28)35-36(40(48)49-8)39(47)34-22(7)29(44-38(34)35)16-31-24(10-2)26(18-45)32(42-31)17-30(23)41-27;/h13,15-18,21,25,36H,9-12,14H2,1-8H3,(H-,43,44,45,47);/q-3;+2/p-1/b28-15-,32-17-;/t21-,25-,36+;/m0./s1. The first-order chi connectivity index (χ1) is 23.9. The molecule has 1 saturated heterocycles. The zero-order chi connectivity index (χ0) is 36.0. The Bertz CT molecular complexity index is 2150. The zero-order valence-electron chi connectivity index (χ0n) is 30.6. The van der Waals surface area contributed by atoms with Crippen LogP contribution in [0, 0.1) is 31.6 Å². The number of nitrogens with zero attached hydrogens (tertiary/aromatic N) is 4. The molecule has 6 rings (SSSR count). The van der Waals surface area contributed by atoms with Crippen molar-refractivity contribution < 1.29 is 28.7 Å². The van der Waals surface area contributed by atoms with E-state index in [1.54, 1.807) is 13.0 Å². The van der Waals surface area contributed by atoms with Crippen molar-refractivity contribution in [3.63, 3.8) is 0 Å². The van der Waals surface area contributed by atoms with Crippen LogP contribution in [-0.2, 0) is 31.9 Å². The predicted molar refractivity (Wildman–Crippen MR) is 195 cm³/mol. The second kappa shape index (κ2) is 15.1. The first kappa shape index (κ1) is 37.9. The van der Waals surface area contributed by atoms with Crippen molar-refractivity contribution in [3.05, 3.63) is 95.2 Å². The monoisotopic (exact) mass is 698 g/mol. The molecule has 0 aromatic carbocycles. The van der Waals surface area contributed by atoms with Crippen LogP contribution < -0.4 is 25.7 Å². The largest absolute Gasteiger partial charge is 2.00 e. The summed E-state index contributed by atoms with van der Waals surface area (Å²) in [5, 5.41) is 6.27. The summed E-state index contributed by atoms with van der Waals surface area (Å²) in [4.78, 5) is 67.8. The molecule has 0 saturated carbocycles. The van der Waals surface area contributed by atoms with E-state index in [2.05, 4.69) is 6.92 Å². The summed E-state index contributed by atoms with van der Waals surface area (Å²) in [7, 11) is 1.26. The van der Waals surface area contributed by atoms with Crippen LogP contribution in [0.15, 0.2) is 23.0 Å². The Morgan fingerprint density at radius 2 is 1.61 bits per heavy atom. The van der Waals surface area contributed by atoms with Gasteiger partial charge in [0.1, 0.15) is 18.8 Å². The number of aromatic nitrogens is 3. The molecular formula is C40H42MgN4O6-2. The maximum Gasteiger partial charge on any atom is 2.00 e. The SMILES string of the molecule is CCc1c2[n-]c(c1C)/C=C1\[N-]/C(=C3\c4[n-]c(c(C)c4C(=O)[C@@H]3C(=O)OC)/C=c3\[n-]/c(c(C=O)c3CC)=C\2)[C@@H](CCC(=O)OCC=C(C)C)[C@@H]1C.[Mg+2]. The minimum Gasteiger partial charge on any atom is -0.664 e. The zero-order valence-corrected chi connectivity index (χ0v) is 32.0. The molecule has 0 spiro atoms. The van der Waals surface area contributed by atoms with Gasteiger partial charge in [0, 0.05) is 17.5 Å². The average molecular weight is 699 g/mol. The molecule has 8 bridgehead atoms. The molecule has 1 fully saturated rings. The minimum absolute atomic E-state index is 0. The third kappa shape index (κ3) is 6.62. The topological polar surface area (TPSA) is 143 Å². The van der Waals surface area contributed by atoms with Crippen molar-refractivity contribution in [3.8, 4) is 0 Å². The molecule has 11 heteroatoms. The minimum atomic E-state index is -1.25. The van der Waals surface area contributed by atoms with Gasteiger partial charge >= 0.3 is 35.0 Å². The number of hydrogen-bond donors (Lipinski definition) is 0. The summed E-state index contributed by atoms with van der Waals surface area (Å²) in [6.07, 6.45) is 10.1. The molecule has 3 aromatic rings. The number of esters is 2. The van der Waals surface area contributed by atoms with Crippen molar-refractivity contribution >= 4 is 70.9 Å². The van der Waals surface area contributed by atoms with Crippen LogP contribution in [0.2, 0.25) is 0 Å². The van der Waals surface area contributed by atoms with Gasteiger partial charge in [-0.3, -0.25) is 19.2 Å². The van der Waals surface area contributed by atoms with Crippen molar-refractivity contribution in [2.45, 2.75) is 74.1 Å². The van der Waals surface area contributed by atoms with E-state index in [1.165, 1.54) is 7.11 Å². The molecule has 3 aliphatic rings. The predicted octanol–water partition coefficient (Wildman–Crippen LogP) is 4.37. The molecule has 2 aliphatic heterocycles. The summed E-state index contributed by atoms with van der Waals surface area (Å²) in [5.74, 6) is -3.21. The van der Waals surface area contributed by atoms with Gasteiger partial charge in [0.05, 0.1) is 7.11 Å². The van der Waals surface area contributed by atoms with Crippen LogP contribution in [0.4, 0.5) is 0 Å². The first-order valence-electron chi connectivity index (χ1n) is 17.2. The molecule has 0 radical (unpaired) electrons. The van der Waals surface area contributed by atoms with E-state index < -0.39 is 17.7 Å². The molecule has 10 nitrogen and oxygen atoms in total. The van der Waals surface area contributed by atoms with Crippen LogP contribution in [0.25, 0.3) is 29.1 Å². The van der Waals surface area contributed by atoms with Gasteiger partial charge in [0.25, 0.3) is 0 Å². The van der Waals surface area contributed by atoms with Crippen LogP contribution in [0.5, 0.6) is 0 Å². The summed E-state index contributed by atoms with van der Waals surface area (Å²) in [6, 6.07) is 0. The van der Waals surface area contributed by atoms with Crippen molar-refractivity contribution in [1.29, 1.82) is 0 Å². The van der Waals surface area contributed by atoms with Gasteiger partial charge in [-0.1, -0.05) is 72.4 Å². The Morgan fingerprint density at radius 3 is 2.25 bits per heavy atom. The Morgan fingerprint density at radius 1 is 0.922 bits per heavy atom. The number of ether oxygens (including phenoxy) is 2. The summed E-state index contributed by atoms with van der Waals surface area (Å²) >= 11 is 0. The van der Waals surface area contributed by atoms with E-state index in [4.69, 9.17) is 29.7 Å². The number of hydrogen-bond acceptors (Lipinski definition) is 6. The number of methoxy groups -OCH3 is 1. The van der Waals surface area contributed by atoms with Crippen molar-refractivity contribution in [2.24, 2.45) is 17.8 Å². The molecular weight excluding hydrogens is 657 g/mol. The smallest absolute Gasteiger partial charge is 0.664 e. The number of rotatable bonds is 9. The number of fused-ring (bicyclic) bond motifs is 7. The molecule has 3 aromatic heterocycles. The van der Waals surface area contributed by atoms with Gasteiger partial charge in [0.2, 0.25) is 0 Å². The Labute approximate surface area is 314 Å². The second-order valence-electron chi connectivity index (χ2n) is 13.4. The quantitative estimate of drug-likeness (QED) is 0.105. The molecule has 1 aliphatic carbocycles. The number of carbonyl (C=O) groups is 4. The van der Waals surface area contributed by atoms with E-state index in [9.17, 15) is 19.2 Å². The average Bonchev–Trinajstić information content (AvgIpc) is 3.83. The van der Waals surface area contributed by atoms with Crippen LogP contribution >= 0.6 is 0 Å². The molecule has 262 valence electrons. The van der Waals surface area contributed by atoms with Gasteiger partial charge in [-0.25, -0.2) is 0 Å². The molecule has 0 unspecified atom stereocenters. The molecule has 3 atom stereocenters. The van der Waals surface area contributed by atoms with Gasteiger partial charge < -0.3 is 29.7 Å². The fourth-order valence-corrected chi connectivity index (χ4v) is 7.47. The van der Waals surface area contributed by atoms with Gasteiger partial charge in [-0.05, 0) is 64.9 Å². The van der Waals surface area contributed by atoms with Gasteiger partial charge in [-0.2, -0.15) is 11.4 Å². The number of Topliss-reactive ketones (excluding diaryl/α,β-unsaturated/α-hetero) is 1. The molecule has 5 heterocycles. The van der Waals surface area contributed by atoms with Crippen molar-refractivity contribution in [2.75, 3.05) is 13.7 Å². The van der Waals surface area contributed by atoms with Gasteiger partial charge in [0.15, 0.2) is 5.78 Å². The van der Waals surface area contributed by atoms with E-state index >= 15 is 0 Å². The third-order valence-corrected chi connectivity index (χ3v) is 10.3. The van der Waals surface area contributed by atoms with Crippen LogP contribution in [-0.4, -0.2) is 60.8 Å². The van der Waals surface area contributed by atoms with Crippen LogP contribution in [0.3, 0.4) is 0 Å². The van der Waals surface area contributed by atoms with Gasteiger partial charge in [-0.15, -0.1) is 33.5 Å². The third-order valence-electron chi connectivity index (χ3n) is 10.3. The van der Waals surface area contributed by atoms with E-state index in [-0.39, 0.29) is 53.9 Å². The Hall–Kier alpha value is -4.35. The number of allylic oxidation sites excluding steroid dienone is 3. The van der Waals surface area contributed by atoms with E-state index in [1.807, 2.05) is 52.8 Å². The number of carbonyl (C=O) groups excluding carboxylic acids is 4. The maximum absolute atomic E-state index is 14.2. The van der Waals surface area contributed by atoms with Crippen molar-refractivity contribution in [1.82, 2.24) is 15.0 Å². The normalized spacial score (nSPS) is 22.4. The molecule has 51 heavy (non-hydrogen) atoms. The van der Waals surface area contributed by atoms with E-state index in [0.717, 1.165) is 46.4 Å². The summed E-state index contributed by atoms with van der Waals surface area (Å²) < 4.78 is 10.7. The summed E-state index contributed by atoms with van der Waals surface area (Å²) in [6.45, 7) is 14.0. The fraction of sp³-hybridized carbons (Fsp3) is 0.400. The maximum atomic E-state index is 14.2. The molecule has 0 amide bonds.